The zero-order valence-electron chi connectivity index (χ0n) is 31.9. The van der Waals surface area contributed by atoms with Crippen molar-refractivity contribution in [3.05, 3.63) is 130 Å². The fourth-order valence-corrected chi connectivity index (χ4v) is 7.03. The van der Waals surface area contributed by atoms with Crippen LogP contribution < -0.4 is 0 Å². The summed E-state index contributed by atoms with van der Waals surface area (Å²) in [5.41, 5.74) is 14.7. The van der Waals surface area contributed by atoms with Crippen molar-refractivity contribution in [1.82, 2.24) is 0 Å². The number of rotatable bonds is 3. The predicted molar refractivity (Wildman–Crippen MR) is 216 cm³/mol. The van der Waals surface area contributed by atoms with E-state index in [2.05, 4.69) is 172 Å². The SMILES string of the molecule is CC(C)c1cc2c(-c3ccc(C(C)(C)C)cc3)cccc2[cH-]1.C[Si]C.Cc1cc2c(-c3ccc(C(C)(C)C)cc3)c3c(cc2[cH-]1)CCC3.[Zr+2]. The third-order valence-electron chi connectivity index (χ3n) is 9.77. The van der Waals surface area contributed by atoms with Crippen LogP contribution in [0.4, 0.5) is 0 Å². The Kier molecular flexibility index (Phi) is 12.8. The smallest absolute Gasteiger partial charge is 0.165 e. The standard InChI is InChI=1S/C23H25.C22H25.C2H6Si.Zr/c1-15-12-18-14-17-6-5-7-20(17)22(21(18)13-15)16-8-10-19(11-9-16)23(2,3)4;1-15(2)18-13-17-7-6-8-20(21(17)14-18)16-9-11-19(12-10-16)22(3,4)5;1-3-2;/h8-14H,5-7H2,1-4H3;6-15H,1-5H3;1-2H3;/q2*-1;;+2. The minimum atomic E-state index is 0. The van der Waals surface area contributed by atoms with Gasteiger partial charge in [0.05, 0.1) is 0 Å². The van der Waals surface area contributed by atoms with E-state index in [1.165, 1.54) is 85.3 Å². The van der Waals surface area contributed by atoms with Gasteiger partial charge in [-0.3, -0.25) is 0 Å². The quantitative estimate of drug-likeness (QED) is 0.125. The molecule has 0 aromatic heterocycles. The van der Waals surface area contributed by atoms with Crippen LogP contribution in [0.3, 0.4) is 0 Å². The van der Waals surface area contributed by atoms with Crippen LogP contribution >= 0.6 is 0 Å². The van der Waals surface area contributed by atoms with Crippen molar-refractivity contribution in [2.24, 2.45) is 0 Å². The van der Waals surface area contributed by atoms with E-state index in [1.54, 1.807) is 11.1 Å². The second kappa shape index (κ2) is 16.0. The molecule has 0 atom stereocenters. The van der Waals surface area contributed by atoms with Gasteiger partial charge in [-0.25, -0.2) is 0 Å². The van der Waals surface area contributed by atoms with Gasteiger partial charge in [0.2, 0.25) is 0 Å². The zero-order chi connectivity index (χ0) is 34.8. The Morgan fingerprint density at radius 3 is 1.78 bits per heavy atom. The Bertz CT molecular complexity index is 1970. The first-order valence-electron chi connectivity index (χ1n) is 17.9. The van der Waals surface area contributed by atoms with Crippen LogP contribution in [0.25, 0.3) is 43.8 Å². The van der Waals surface area contributed by atoms with Crippen LogP contribution in [-0.2, 0) is 49.9 Å². The van der Waals surface area contributed by atoms with Gasteiger partial charge in [-0.05, 0) is 58.3 Å². The second-order valence-electron chi connectivity index (χ2n) is 16.2. The molecule has 0 fully saturated rings. The summed E-state index contributed by atoms with van der Waals surface area (Å²) in [6.45, 7) is 24.6. The molecule has 2 heteroatoms. The Morgan fingerprint density at radius 1 is 0.653 bits per heavy atom. The van der Waals surface area contributed by atoms with Crippen molar-refractivity contribution in [3.8, 4) is 22.3 Å². The first kappa shape index (κ1) is 39.0. The van der Waals surface area contributed by atoms with Crippen molar-refractivity contribution < 1.29 is 26.2 Å². The Labute approximate surface area is 319 Å². The molecule has 0 nitrogen and oxygen atoms in total. The van der Waals surface area contributed by atoms with Crippen LogP contribution in [0.15, 0.2) is 97.1 Å². The van der Waals surface area contributed by atoms with E-state index in [9.17, 15) is 0 Å². The average molecular weight is 740 g/mol. The molecule has 0 saturated heterocycles. The molecule has 1 aliphatic carbocycles. The minimum Gasteiger partial charge on any atom is -0.165 e. The maximum Gasteiger partial charge on any atom is 2.00 e. The second-order valence-corrected chi connectivity index (χ2v) is 17.2. The molecule has 6 aromatic rings. The topological polar surface area (TPSA) is 0 Å². The molecule has 7 rings (SSSR count). The molecule has 0 aliphatic heterocycles. The van der Waals surface area contributed by atoms with Crippen LogP contribution in [0, 0.1) is 6.92 Å². The van der Waals surface area contributed by atoms with Gasteiger partial charge in [0.15, 0.2) is 0 Å². The van der Waals surface area contributed by atoms with Gasteiger partial charge < -0.3 is 0 Å². The largest absolute Gasteiger partial charge is 2.00 e. The summed E-state index contributed by atoms with van der Waals surface area (Å²) < 4.78 is 0. The van der Waals surface area contributed by atoms with Gasteiger partial charge in [0, 0.05) is 9.52 Å². The van der Waals surface area contributed by atoms with Gasteiger partial charge in [-0.15, -0.1) is 63.0 Å². The van der Waals surface area contributed by atoms with Crippen molar-refractivity contribution >= 4 is 31.1 Å². The summed E-state index contributed by atoms with van der Waals surface area (Å²) in [5, 5.41) is 5.57. The van der Waals surface area contributed by atoms with E-state index < -0.39 is 0 Å². The summed E-state index contributed by atoms with van der Waals surface area (Å²) in [6.07, 6.45) is 3.77. The van der Waals surface area contributed by atoms with E-state index in [0.29, 0.717) is 5.92 Å². The van der Waals surface area contributed by atoms with E-state index in [0.717, 1.165) is 9.52 Å². The van der Waals surface area contributed by atoms with Gasteiger partial charge in [-0.1, -0.05) is 152 Å². The van der Waals surface area contributed by atoms with Gasteiger partial charge >= 0.3 is 26.2 Å². The van der Waals surface area contributed by atoms with Crippen molar-refractivity contribution in [2.45, 2.75) is 111 Å². The summed E-state index contributed by atoms with van der Waals surface area (Å²) in [7, 11) is 1.08. The fourth-order valence-electron chi connectivity index (χ4n) is 7.03. The molecule has 1 aliphatic rings. The number of hydrogen-bond acceptors (Lipinski definition) is 0. The normalized spacial score (nSPS) is 12.7. The van der Waals surface area contributed by atoms with Gasteiger partial charge in [0.25, 0.3) is 0 Å². The molecule has 49 heavy (non-hydrogen) atoms. The monoisotopic (exact) mass is 738 g/mol. The number of fused-ring (bicyclic) bond motifs is 3. The molecule has 252 valence electrons. The molecule has 6 aromatic carbocycles. The Balaban J connectivity index is 0.000000201. The number of benzene rings is 4. The predicted octanol–water partition coefficient (Wildman–Crippen LogP) is 13.8. The molecule has 0 N–H and O–H groups in total. The van der Waals surface area contributed by atoms with Crippen LogP contribution in [0.1, 0.15) is 101 Å². The molecule has 0 spiro atoms. The average Bonchev–Trinajstić information content (AvgIpc) is 3.77. The molecular formula is C47H56SiZr. The first-order chi connectivity index (χ1) is 22.7. The number of aryl methyl sites for hydroxylation is 2. The van der Waals surface area contributed by atoms with Crippen molar-refractivity contribution in [2.75, 3.05) is 0 Å². The van der Waals surface area contributed by atoms with Crippen molar-refractivity contribution in [1.29, 1.82) is 0 Å². The maximum absolute atomic E-state index is 2.43. The molecule has 2 radical (unpaired) electrons. The number of hydrogen-bond donors (Lipinski definition) is 0. The minimum absolute atomic E-state index is 0. The van der Waals surface area contributed by atoms with E-state index in [-0.39, 0.29) is 37.0 Å². The van der Waals surface area contributed by atoms with E-state index >= 15 is 0 Å². The third-order valence-corrected chi connectivity index (χ3v) is 9.77. The Hall–Kier alpha value is -2.80. The summed E-state index contributed by atoms with van der Waals surface area (Å²) in [6, 6.07) is 36.8. The molecule has 0 bridgehead atoms. The zero-order valence-corrected chi connectivity index (χ0v) is 35.4. The first-order valence-corrected chi connectivity index (χ1v) is 19.9. The molecule has 0 amide bonds. The summed E-state index contributed by atoms with van der Waals surface area (Å²) >= 11 is 0. The Morgan fingerprint density at radius 2 is 1.22 bits per heavy atom. The fraction of sp³-hybridized carbons (Fsp3) is 0.362. The van der Waals surface area contributed by atoms with Crippen LogP contribution in [0.2, 0.25) is 13.1 Å². The van der Waals surface area contributed by atoms with Crippen LogP contribution in [0.5, 0.6) is 0 Å². The molecular weight excluding hydrogens is 684 g/mol. The van der Waals surface area contributed by atoms with Crippen molar-refractivity contribution in [3.63, 3.8) is 0 Å². The molecule has 0 unspecified atom stereocenters. The van der Waals surface area contributed by atoms with E-state index in [4.69, 9.17) is 0 Å². The summed E-state index contributed by atoms with van der Waals surface area (Å²) in [4.78, 5) is 0. The van der Waals surface area contributed by atoms with Gasteiger partial charge in [-0.2, -0.15) is 12.1 Å². The van der Waals surface area contributed by atoms with E-state index in [1.807, 2.05) is 0 Å². The van der Waals surface area contributed by atoms with Gasteiger partial charge in [0.1, 0.15) is 0 Å². The third kappa shape index (κ3) is 8.93. The van der Waals surface area contributed by atoms with Crippen LogP contribution in [-0.4, -0.2) is 9.52 Å². The summed E-state index contributed by atoms with van der Waals surface area (Å²) in [5.74, 6) is 0.573. The molecule has 0 saturated carbocycles. The molecule has 0 heterocycles. The maximum atomic E-state index is 2.43.